The van der Waals surface area contributed by atoms with Gasteiger partial charge in [-0.2, -0.15) is 13.2 Å². The van der Waals surface area contributed by atoms with Crippen LogP contribution in [0.2, 0.25) is 0 Å². The monoisotopic (exact) mass is 307 g/mol. The molecule has 0 atom stereocenters. The zero-order chi connectivity index (χ0) is 15.3. The molecule has 1 saturated carbocycles. The zero-order valence-electron chi connectivity index (χ0n) is 12.3. The van der Waals surface area contributed by atoms with E-state index < -0.39 is 12.7 Å². The molecule has 0 radical (unpaired) electrons. The van der Waals surface area contributed by atoms with Gasteiger partial charge in [0, 0.05) is 25.7 Å². The lowest BCUT2D eigenvalue weighted by Crippen LogP contribution is -2.48. The number of nitrogens with zero attached hydrogens (tertiary/aromatic N) is 1. The molecule has 1 aliphatic carbocycles. The molecule has 0 spiro atoms. The van der Waals surface area contributed by atoms with Crippen molar-refractivity contribution in [2.75, 3.05) is 19.8 Å². The van der Waals surface area contributed by atoms with E-state index >= 15 is 0 Å². The van der Waals surface area contributed by atoms with Gasteiger partial charge in [-0.05, 0) is 31.6 Å². The van der Waals surface area contributed by atoms with Crippen LogP contribution in [-0.4, -0.2) is 42.8 Å². The van der Waals surface area contributed by atoms with Crippen LogP contribution in [0.3, 0.4) is 0 Å². The minimum absolute atomic E-state index is 0.266. The van der Waals surface area contributed by atoms with Crippen molar-refractivity contribution in [3.05, 3.63) is 0 Å². The van der Waals surface area contributed by atoms with Gasteiger partial charge in [0.25, 0.3) is 0 Å². The van der Waals surface area contributed by atoms with E-state index in [-0.39, 0.29) is 24.3 Å². The Bertz CT molecular complexity index is 334. The topological polar surface area (TPSA) is 29.5 Å². The number of carbonyl (C=O) groups is 1. The summed E-state index contributed by atoms with van der Waals surface area (Å²) >= 11 is 0. The largest absolute Gasteiger partial charge is 0.406 e. The van der Waals surface area contributed by atoms with E-state index in [1.807, 2.05) is 0 Å². The molecule has 0 aromatic carbocycles. The summed E-state index contributed by atoms with van der Waals surface area (Å²) in [6, 6.07) is -0.323. The summed E-state index contributed by atoms with van der Waals surface area (Å²) in [4.78, 5) is 13.4. The Labute approximate surface area is 123 Å². The molecule has 0 unspecified atom stereocenters. The Morgan fingerprint density at radius 3 is 2.24 bits per heavy atom. The van der Waals surface area contributed by atoms with Crippen molar-refractivity contribution in [1.82, 2.24) is 4.90 Å². The molecule has 0 aromatic rings. The highest BCUT2D eigenvalue weighted by Crippen LogP contribution is 2.29. The van der Waals surface area contributed by atoms with Gasteiger partial charge in [0.2, 0.25) is 5.91 Å². The number of rotatable bonds is 4. The molecule has 21 heavy (non-hydrogen) atoms. The Hall–Kier alpha value is -0.780. The highest BCUT2D eigenvalue weighted by Gasteiger charge is 2.37. The maximum Gasteiger partial charge on any atom is 0.406 e. The Kier molecular flexibility index (Phi) is 5.90. The number of ether oxygens (including phenoxy) is 1. The molecule has 3 nitrogen and oxygen atoms in total. The van der Waals surface area contributed by atoms with E-state index in [9.17, 15) is 18.0 Å². The van der Waals surface area contributed by atoms with Gasteiger partial charge in [0.15, 0.2) is 0 Å². The van der Waals surface area contributed by atoms with Crippen LogP contribution in [0.25, 0.3) is 0 Å². The van der Waals surface area contributed by atoms with Gasteiger partial charge in [-0.25, -0.2) is 0 Å². The van der Waals surface area contributed by atoms with E-state index in [2.05, 4.69) is 0 Å². The van der Waals surface area contributed by atoms with Crippen LogP contribution >= 0.6 is 0 Å². The number of hydrogen-bond donors (Lipinski definition) is 0. The zero-order valence-corrected chi connectivity index (χ0v) is 12.3. The lowest BCUT2D eigenvalue weighted by atomic mass is 9.86. The molecule has 1 amide bonds. The fourth-order valence-electron chi connectivity index (χ4n) is 3.37. The maximum atomic E-state index is 12.8. The minimum Gasteiger partial charge on any atom is -0.381 e. The van der Waals surface area contributed by atoms with Crippen molar-refractivity contribution < 1.29 is 22.7 Å². The SMILES string of the molecule is O=C(CC1CCCCC1)N(CC(F)(F)F)C1CCOCC1. The number of halogens is 3. The molecule has 6 heteroatoms. The average molecular weight is 307 g/mol. The summed E-state index contributed by atoms with van der Waals surface area (Å²) in [7, 11) is 0. The standard InChI is InChI=1S/C15H24F3NO2/c16-15(17,18)11-19(13-6-8-21-9-7-13)14(20)10-12-4-2-1-3-5-12/h12-13H,1-11H2. The molecular weight excluding hydrogens is 283 g/mol. The van der Waals surface area contributed by atoms with Crippen molar-refractivity contribution in [2.24, 2.45) is 5.92 Å². The minimum atomic E-state index is -4.33. The quantitative estimate of drug-likeness (QED) is 0.795. The van der Waals surface area contributed by atoms with E-state index in [0.29, 0.717) is 26.1 Å². The first-order valence-corrected chi connectivity index (χ1v) is 7.89. The Morgan fingerprint density at radius 1 is 1.05 bits per heavy atom. The maximum absolute atomic E-state index is 12.8. The smallest absolute Gasteiger partial charge is 0.381 e. The van der Waals surface area contributed by atoms with E-state index in [1.54, 1.807) is 0 Å². The van der Waals surface area contributed by atoms with Gasteiger partial charge in [0.05, 0.1) is 0 Å². The molecule has 2 fully saturated rings. The number of hydrogen-bond acceptors (Lipinski definition) is 2. The molecule has 0 aromatic heterocycles. The van der Waals surface area contributed by atoms with Crippen molar-refractivity contribution in [3.63, 3.8) is 0 Å². The number of carbonyl (C=O) groups excluding carboxylic acids is 1. The first kappa shape index (κ1) is 16.6. The third-order valence-corrected chi connectivity index (χ3v) is 4.49. The third-order valence-electron chi connectivity index (χ3n) is 4.49. The molecule has 1 saturated heterocycles. The van der Waals surface area contributed by atoms with Gasteiger partial charge >= 0.3 is 6.18 Å². The molecule has 1 aliphatic heterocycles. The van der Waals surface area contributed by atoms with Crippen molar-refractivity contribution in [2.45, 2.75) is 63.6 Å². The molecular formula is C15H24F3NO2. The molecule has 2 rings (SSSR count). The van der Waals surface area contributed by atoms with Crippen molar-refractivity contribution in [3.8, 4) is 0 Å². The van der Waals surface area contributed by atoms with Crippen LogP contribution in [0.1, 0.15) is 51.4 Å². The van der Waals surface area contributed by atoms with Crippen LogP contribution in [0.4, 0.5) is 13.2 Å². The predicted molar refractivity (Wildman–Crippen MR) is 72.8 cm³/mol. The fraction of sp³-hybridized carbons (Fsp3) is 0.933. The van der Waals surface area contributed by atoms with Crippen LogP contribution < -0.4 is 0 Å². The fourth-order valence-corrected chi connectivity index (χ4v) is 3.37. The first-order valence-electron chi connectivity index (χ1n) is 7.89. The van der Waals surface area contributed by atoms with E-state index in [0.717, 1.165) is 30.6 Å². The number of amides is 1. The summed E-state index contributed by atoms with van der Waals surface area (Å²) in [6.45, 7) is -0.241. The summed E-state index contributed by atoms with van der Waals surface area (Å²) < 4.78 is 43.5. The van der Waals surface area contributed by atoms with Crippen LogP contribution in [0, 0.1) is 5.92 Å². The van der Waals surface area contributed by atoms with Gasteiger partial charge in [-0.3, -0.25) is 4.79 Å². The lowest BCUT2D eigenvalue weighted by molar-refractivity contribution is -0.169. The lowest BCUT2D eigenvalue weighted by Gasteiger charge is -2.36. The summed E-state index contributed by atoms with van der Waals surface area (Å²) in [6.07, 6.45) is 2.26. The molecule has 1 heterocycles. The molecule has 0 bridgehead atoms. The summed E-state index contributed by atoms with van der Waals surface area (Å²) in [5.41, 5.74) is 0. The highest BCUT2D eigenvalue weighted by atomic mass is 19.4. The first-order chi connectivity index (χ1) is 9.96. The van der Waals surface area contributed by atoms with Gasteiger partial charge in [-0.1, -0.05) is 19.3 Å². The third kappa shape index (κ3) is 5.49. The van der Waals surface area contributed by atoms with Crippen LogP contribution in [0.5, 0.6) is 0 Å². The summed E-state index contributed by atoms with van der Waals surface area (Å²) in [5, 5.41) is 0. The summed E-state index contributed by atoms with van der Waals surface area (Å²) in [5.74, 6) is -0.0621. The second kappa shape index (κ2) is 7.47. The van der Waals surface area contributed by atoms with Crippen molar-refractivity contribution in [1.29, 1.82) is 0 Å². The second-order valence-electron chi connectivity index (χ2n) is 6.19. The van der Waals surface area contributed by atoms with E-state index in [1.165, 1.54) is 6.42 Å². The highest BCUT2D eigenvalue weighted by molar-refractivity contribution is 5.77. The Morgan fingerprint density at radius 2 is 1.67 bits per heavy atom. The molecule has 0 N–H and O–H groups in total. The average Bonchev–Trinajstić information content (AvgIpc) is 2.46. The second-order valence-corrected chi connectivity index (χ2v) is 6.19. The van der Waals surface area contributed by atoms with Crippen LogP contribution in [-0.2, 0) is 9.53 Å². The normalized spacial score (nSPS) is 22.2. The van der Waals surface area contributed by atoms with Gasteiger partial charge in [-0.15, -0.1) is 0 Å². The number of alkyl halides is 3. The Balaban J connectivity index is 1.96. The van der Waals surface area contributed by atoms with Crippen LogP contribution in [0.15, 0.2) is 0 Å². The molecule has 2 aliphatic rings. The van der Waals surface area contributed by atoms with Gasteiger partial charge in [0.1, 0.15) is 6.54 Å². The van der Waals surface area contributed by atoms with Gasteiger partial charge < -0.3 is 9.64 Å². The van der Waals surface area contributed by atoms with E-state index in [4.69, 9.17) is 4.74 Å². The van der Waals surface area contributed by atoms with Crippen molar-refractivity contribution >= 4 is 5.91 Å². The molecule has 122 valence electrons. The predicted octanol–water partition coefficient (Wildman–Crippen LogP) is 3.53.